The summed E-state index contributed by atoms with van der Waals surface area (Å²) in [6, 6.07) is 0. The van der Waals surface area contributed by atoms with Gasteiger partial charge in [0.05, 0.1) is 16.9 Å². The first-order valence-electron chi connectivity index (χ1n) is 7.85. The van der Waals surface area contributed by atoms with Gasteiger partial charge in [0.1, 0.15) is 0 Å². The summed E-state index contributed by atoms with van der Waals surface area (Å²) in [5.41, 5.74) is 0.662. The van der Waals surface area contributed by atoms with E-state index in [1.165, 1.54) is 6.08 Å². The van der Waals surface area contributed by atoms with Crippen molar-refractivity contribution in [2.24, 2.45) is 11.3 Å². The molecule has 128 valence electrons. The van der Waals surface area contributed by atoms with Crippen LogP contribution >= 0.6 is 23.2 Å². The molecule has 1 saturated carbocycles. The van der Waals surface area contributed by atoms with Gasteiger partial charge in [-0.1, -0.05) is 35.9 Å². The second-order valence-electron chi connectivity index (χ2n) is 6.12. The molecule has 0 aromatic carbocycles. The lowest BCUT2D eigenvalue weighted by molar-refractivity contribution is 0.000110. The minimum Gasteiger partial charge on any atom is -0.734 e. The fourth-order valence-electron chi connectivity index (χ4n) is 3.41. The summed E-state index contributed by atoms with van der Waals surface area (Å²) >= 11 is 12.9. The Morgan fingerprint density at radius 1 is 1.54 bits per heavy atom. The van der Waals surface area contributed by atoms with Crippen LogP contribution < -0.4 is 0 Å². The monoisotopic (exact) mass is 366 g/mol. The summed E-state index contributed by atoms with van der Waals surface area (Å²) in [6.07, 6.45) is 16.8. The third kappa shape index (κ3) is 2.92. The molecule has 6 heteroatoms. The third-order valence-corrected chi connectivity index (χ3v) is 5.78. The molecule has 0 spiro atoms. The summed E-state index contributed by atoms with van der Waals surface area (Å²) in [5, 5.41) is 20.2. The van der Waals surface area contributed by atoms with Crippen molar-refractivity contribution in [2.45, 2.75) is 30.7 Å². The van der Waals surface area contributed by atoms with Crippen LogP contribution in [0.15, 0.2) is 46.7 Å². The number of ether oxygens (including phenoxy) is 1. The topological polar surface area (TPSA) is 55.8 Å². The van der Waals surface area contributed by atoms with Crippen molar-refractivity contribution in [1.29, 1.82) is 0 Å². The molecule has 4 atom stereocenters. The zero-order valence-corrected chi connectivity index (χ0v) is 14.5. The minimum absolute atomic E-state index is 0.0286. The van der Waals surface area contributed by atoms with Gasteiger partial charge < -0.3 is 15.2 Å². The number of fused-ring (bicyclic) bond motifs is 1. The summed E-state index contributed by atoms with van der Waals surface area (Å²) < 4.78 is 5.77. The normalized spacial score (nSPS) is 33.8. The zero-order chi connectivity index (χ0) is 17.3. The third-order valence-electron chi connectivity index (χ3n) is 4.74. The average molecular weight is 367 g/mol. The summed E-state index contributed by atoms with van der Waals surface area (Å²) in [6.45, 7) is 0.636. The van der Waals surface area contributed by atoms with Crippen molar-refractivity contribution in [3.05, 3.63) is 51.9 Å². The van der Waals surface area contributed by atoms with Crippen LogP contribution in [0.2, 0.25) is 0 Å². The summed E-state index contributed by atoms with van der Waals surface area (Å²) in [5.74, 6) is 2.49. The highest BCUT2D eigenvalue weighted by Gasteiger charge is 2.67. The molecule has 0 aliphatic heterocycles. The molecule has 3 rings (SSSR count). The summed E-state index contributed by atoms with van der Waals surface area (Å²) in [7, 11) is 0. The van der Waals surface area contributed by atoms with E-state index in [0.29, 0.717) is 18.1 Å². The number of terminal acetylenes is 1. The van der Waals surface area contributed by atoms with Crippen molar-refractivity contribution in [1.82, 2.24) is 5.23 Å². The van der Waals surface area contributed by atoms with Gasteiger partial charge in [-0.05, 0) is 24.5 Å². The van der Waals surface area contributed by atoms with Crippen LogP contribution in [0, 0.1) is 28.9 Å². The molecule has 4 unspecified atom stereocenters. The first-order valence-corrected chi connectivity index (χ1v) is 8.66. The number of hydrogen-bond donors (Lipinski definition) is 1. The van der Waals surface area contributed by atoms with Crippen molar-refractivity contribution in [2.75, 3.05) is 6.61 Å². The van der Waals surface area contributed by atoms with E-state index in [-0.39, 0.29) is 28.3 Å². The van der Waals surface area contributed by atoms with Crippen LogP contribution in [0.4, 0.5) is 0 Å². The Morgan fingerprint density at radius 3 is 2.92 bits per heavy atom. The lowest BCUT2D eigenvalue weighted by Crippen LogP contribution is -2.20. The molecule has 0 saturated heterocycles. The molecule has 1 N–H and O–H groups in total. The second-order valence-corrected chi connectivity index (χ2v) is 7.00. The van der Waals surface area contributed by atoms with Crippen LogP contribution in [0.5, 0.6) is 0 Å². The molecule has 24 heavy (non-hydrogen) atoms. The highest BCUT2D eigenvalue weighted by atomic mass is 35.5. The SMILES string of the molecule is C#CCCCOC1C=CC(C23C(Cl)=CC(N([O-])O)=CC2C3Cl)=CC1. The Morgan fingerprint density at radius 2 is 2.33 bits per heavy atom. The number of halogens is 2. The van der Waals surface area contributed by atoms with E-state index >= 15 is 0 Å². The number of nitrogens with zero attached hydrogens (tertiary/aromatic N) is 1. The lowest BCUT2D eigenvalue weighted by atomic mass is 9.85. The highest BCUT2D eigenvalue weighted by Crippen LogP contribution is 2.69. The zero-order valence-electron chi connectivity index (χ0n) is 13.0. The molecule has 3 aliphatic carbocycles. The van der Waals surface area contributed by atoms with Crippen LogP contribution in [-0.4, -0.2) is 28.5 Å². The van der Waals surface area contributed by atoms with Gasteiger partial charge in [0.25, 0.3) is 0 Å². The molecule has 0 heterocycles. The van der Waals surface area contributed by atoms with Gasteiger partial charge in [0, 0.05) is 29.7 Å². The van der Waals surface area contributed by atoms with Crippen molar-refractivity contribution < 1.29 is 9.94 Å². The van der Waals surface area contributed by atoms with Crippen LogP contribution in [0.25, 0.3) is 0 Å². The Kier molecular flexibility index (Phi) is 5.10. The first kappa shape index (κ1) is 17.6. The largest absolute Gasteiger partial charge is 0.734 e. The van der Waals surface area contributed by atoms with Crippen LogP contribution in [0.3, 0.4) is 0 Å². The van der Waals surface area contributed by atoms with Gasteiger partial charge in [0.2, 0.25) is 0 Å². The molecule has 0 radical (unpaired) electrons. The van der Waals surface area contributed by atoms with Gasteiger partial charge in [-0.3, -0.25) is 5.21 Å². The lowest BCUT2D eigenvalue weighted by Gasteiger charge is -2.29. The predicted octanol–water partition coefficient (Wildman–Crippen LogP) is 4.10. The standard InChI is InChI=1S/C18H18Cl2NO3/c1-2-3-4-9-24-14-7-5-12(6-8-14)18-15(17(18)20)10-13(21(22)23)11-16(18)19/h1,5-7,10-11,14-15,17,22H,3-4,8-9H2/q-1. The van der Waals surface area contributed by atoms with Crippen molar-refractivity contribution >= 4 is 23.2 Å². The van der Waals surface area contributed by atoms with E-state index in [1.807, 2.05) is 12.2 Å². The maximum atomic E-state index is 11.1. The number of hydrogen-bond acceptors (Lipinski definition) is 4. The van der Waals surface area contributed by atoms with Gasteiger partial charge in [0.15, 0.2) is 0 Å². The number of allylic oxidation sites excluding steroid dienone is 5. The van der Waals surface area contributed by atoms with E-state index in [4.69, 9.17) is 39.6 Å². The molecular weight excluding hydrogens is 349 g/mol. The number of alkyl halides is 1. The molecule has 1 fully saturated rings. The molecule has 3 aliphatic rings. The highest BCUT2D eigenvalue weighted by molar-refractivity contribution is 6.34. The van der Waals surface area contributed by atoms with Crippen molar-refractivity contribution in [3.63, 3.8) is 0 Å². The molecule has 0 amide bonds. The number of rotatable bonds is 6. The van der Waals surface area contributed by atoms with Crippen LogP contribution in [0.1, 0.15) is 19.3 Å². The Bertz CT molecular complexity index is 674. The van der Waals surface area contributed by atoms with Crippen LogP contribution in [-0.2, 0) is 4.74 Å². The predicted molar refractivity (Wildman–Crippen MR) is 94.2 cm³/mol. The molecule has 4 nitrogen and oxygen atoms in total. The molecular formula is C18H18Cl2NO3-. The van der Waals surface area contributed by atoms with Gasteiger partial charge >= 0.3 is 0 Å². The van der Waals surface area contributed by atoms with E-state index in [9.17, 15) is 5.21 Å². The van der Waals surface area contributed by atoms with E-state index < -0.39 is 5.41 Å². The second kappa shape index (κ2) is 6.95. The van der Waals surface area contributed by atoms with E-state index in [0.717, 1.165) is 18.4 Å². The fourth-order valence-corrected chi connectivity index (χ4v) is 4.52. The smallest absolute Gasteiger partial charge is 0.0793 e. The minimum atomic E-state index is -0.492. The molecule has 0 aromatic rings. The molecule has 0 bridgehead atoms. The maximum Gasteiger partial charge on any atom is 0.0793 e. The van der Waals surface area contributed by atoms with Gasteiger partial charge in [-0.15, -0.1) is 23.9 Å². The van der Waals surface area contributed by atoms with Crippen molar-refractivity contribution in [3.8, 4) is 12.3 Å². The molecule has 0 aromatic heterocycles. The summed E-state index contributed by atoms with van der Waals surface area (Å²) in [4.78, 5) is 0. The van der Waals surface area contributed by atoms with Gasteiger partial charge in [-0.25, -0.2) is 0 Å². The Labute approximate surface area is 151 Å². The first-order chi connectivity index (χ1) is 11.5. The quantitative estimate of drug-likeness (QED) is 0.332. The van der Waals surface area contributed by atoms with E-state index in [1.54, 1.807) is 6.08 Å². The number of unbranched alkanes of at least 4 members (excludes halogenated alkanes) is 1. The fraction of sp³-hybridized carbons (Fsp3) is 0.444. The average Bonchev–Trinajstić information content (AvgIpc) is 3.18. The van der Waals surface area contributed by atoms with Gasteiger partial charge in [-0.2, -0.15) is 0 Å². The maximum absolute atomic E-state index is 11.1. The Balaban J connectivity index is 1.67. The Hall–Kier alpha value is -1.22. The number of hydroxylamine groups is 2. The van der Waals surface area contributed by atoms with E-state index in [2.05, 4.69) is 12.0 Å².